The Morgan fingerprint density at radius 1 is 0.917 bits per heavy atom. The van der Waals surface area contributed by atoms with Crippen molar-refractivity contribution in [2.45, 2.75) is 32.0 Å². The lowest BCUT2D eigenvalue weighted by Gasteiger charge is -2.36. The van der Waals surface area contributed by atoms with Crippen LogP contribution in [0.5, 0.6) is 0 Å². The van der Waals surface area contributed by atoms with E-state index in [1.807, 2.05) is 0 Å². The highest BCUT2D eigenvalue weighted by Gasteiger charge is 2.59. The number of fused-ring (bicyclic) bond motifs is 2. The maximum absolute atomic E-state index is 12.8. The van der Waals surface area contributed by atoms with Crippen molar-refractivity contribution >= 4 is 55.7 Å². The Balaban J connectivity index is 1.49. The summed E-state index contributed by atoms with van der Waals surface area (Å²) in [4.78, 5) is 50.7. The van der Waals surface area contributed by atoms with Gasteiger partial charge < -0.3 is 18.9 Å². The molecule has 5 atom stereocenters. The number of halogens is 2. The van der Waals surface area contributed by atoms with Crippen molar-refractivity contribution in [1.82, 2.24) is 0 Å². The quantitative estimate of drug-likeness (QED) is 0.307. The number of esters is 4. The van der Waals surface area contributed by atoms with Crippen LogP contribution in [0.4, 0.5) is 0 Å². The van der Waals surface area contributed by atoms with Crippen molar-refractivity contribution in [2.75, 3.05) is 13.2 Å². The fourth-order valence-electron chi connectivity index (χ4n) is 4.72. The first-order chi connectivity index (χ1) is 17.3. The smallest absolute Gasteiger partial charge is 0.338 e. The molecule has 10 heteroatoms. The minimum Gasteiger partial charge on any atom is -0.466 e. The van der Waals surface area contributed by atoms with Gasteiger partial charge in [0.05, 0.1) is 36.2 Å². The number of carbonyl (C=O) groups excluding carboxylic acids is 4. The van der Waals surface area contributed by atoms with E-state index in [4.69, 9.17) is 18.9 Å². The van der Waals surface area contributed by atoms with Crippen LogP contribution in [-0.4, -0.2) is 49.3 Å². The summed E-state index contributed by atoms with van der Waals surface area (Å²) in [6.07, 6.45) is -1.23. The van der Waals surface area contributed by atoms with Crippen LogP contribution in [-0.2, 0) is 28.5 Å². The highest BCUT2D eigenvalue weighted by atomic mass is 79.9. The van der Waals surface area contributed by atoms with Gasteiger partial charge in [-0.25, -0.2) is 9.59 Å². The summed E-state index contributed by atoms with van der Waals surface area (Å²) < 4.78 is 23.6. The van der Waals surface area contributed by atoms with Crippen LogP contribution in [0.3, 0.4) is 0 Å². The molecule has 1 heterocycles. The Morgan fingerprint density at radius 2 is 1.50 bits per heavy atom. The monoisotopic (exact) mass is 622 g/mol. The second-order valence-electron chi connectivity index (χ2n) is 8.57. The molecule has 0 N–H and O–H groups in total. The minimum absolute atomic E-state index is 0.00608. The summed E-state index contributed by atoms with van der Waals surface area (Å²) in [6.45, 7) is 1.84. The Hall–Kier alpha value is -2.72. The van der Waals surface area contributed by atoms with Crippen molar-refractivity contribution in [3.8, 4) is 0 Å². The molecule has 0 spiro atoms. The Bertz CT molecular complexity index is 1130. The normalized spacial score (nSPS) is 24.5. The van der Waals surface area contributed by atoms with Crippen molar-refractivity contribution in [1.29, 1.82) is 0 Å². The summed E-state index contributed by atoms with van der Waals surface area (Å²) in [5, 5.41) is 0. The van der Waals surface area contributed by atoms with Crippen LogP contribution in [0, 0.1) is 17.8 Å². The molecule has 190 valence electrons. The predicted octanol–water partition coefficient (Wildman–Crippen LogP) is 4.72. The molecule has 0 radical (unpaired) electrons. The van der Waals surface area contributed by atoms with E-state index < -0.39 is 53.8 Å². The van der Waals surface area contributed by atoms with Crippen LogP contribution in [0.25, 0.3) is 0 Å². The molecular weight excluding hydrogens is 600 g/mol. The first-order valence-electron chi connectivity index (χ1n) is 11.5. The van der Waals surface area contributed by atoms with Gasteiger partial charge in [0.25, 0.3) is 0 Å². The zero-order valence-electron chi connectivity index (χ0n) is 19.4. The number of hydrogen-bond acceptors (Lipinski definition) is 8. The van der Waals surface area contributed by atoms with Crippen LogP contribution in [0.15, 0.2) is 57.5 Å². The van der Waals surface area contributed by atoms with Gasteiger partial charge in [0, 0.05) is 21.3 Å². The zero-order valence-corrected chi connectivity index (χ0v) is 22.5. The summed E-state index contributed by atoms with van der Waals surface area (Å²) in [5.74, 6) is -4.24. The molecule has 1 aliphatic carbocycles. The average molecular weight is 624 g/mol. The molecule has 2 aromatic carbocycles. The van der Waals surface area contributed by atoms with E-state index in [1.54, 1.807) is 55.5 Å². The van der Waals surface area contributed by atoms with Gasteiger partial charge in [-0.15, -0.1) is 0 Å². The number of ether oxygens (including phenoxy) is 4. The second-order valence-corrected chi connectivity index (χ2v) is 10.4. The minimum atomic E-state index is -0.842. The van der Waals surface area contributed by atoms with Gasteiger partial charge >= 0.3 is 23.9 Å². The lowest BCUT2D eigenvalue weighted by Crippen LogP contribution is -2.47. The van der Waals surface area contributed by atoms with E-state index in [0.29, 0.717) is 11.1 Å². The molecule has 1 saturated carbocycles. The van der Waals surface area contributed by atoms with E-state index in [0.717, 1.165) is 8.95 Å². The third-order valence-corrected chi connectivity index (χ3v) is 7.44. The van der Waals surface area contributed by atoms with E-state index in [2.05, 4.69) is 31.9 Å². The molecule has 1 saturated heterocycles. The predicted molar refractivity (Wildman–Crippen MR) is 134 cm³/mol. The summed E-state index contributed by atoms with van der Waals surface area (Å²) in [6, 6.07) is 13.4. The largest absolute Gasteiger partial charge is 0.466 e. The molecular formula is C26H24Br2O8. The summed E-state index contributed by atoms with van der Waals surface area (Å²) >= 11 is 6.65. The fourth-order valence-corrected chi connectivity index (χ4v) is 5.25. The number of benzene rings is 2. The number of hydrogen-bond donors (Lipinski definition) is 0. The molecule has 0 amide bonds. The van der Waals surface area contributed by atoms with Gasteiger partial charge in [-0.1, -0.05) is 31.9 Å². The van der Waals surface area contributed by atoms with Gasteiger partial charge in [0.15, 0.2) is 0 Å². The first-order valence-corrected chi connectivity index (χ1v) is 13.1. The Morgan fingerprint density at radius 3 is 2.08 bits per heavy atom. The van der Waals surface area contributed by atoms with Crippen molar-refractivity contribution < 1.29 is 38.1 Å². The van der Waals surface area contributed by atoms with Crippen LogP contribution < -0.4 is 0 Å². The highest BCUT2D eigenvalue weighted by Crippen LogP contribution is 2.46. The third kappa shape index (κ3) is 5.81. The van der Waals surface area contributed by atoms with Gasteiger partial charge in [0.1, 0.15) is 12.2 Å². The molecule has 2 bridgehead atoms. The topological polar surface area (TPSA) is 105 Å². The summed E-state index contributed by atoms with van der Waals surface area (Å²) in [7, 11) is 0. The van der Waals surface area contributed by atoms with Crippen molar-refractivity contribution in [3.63, 3.8) is 0 Å². The average Bonchev–Trinajstić information content (AvgIpc) is 3.10. The fraction of sp³-hybridized carbons (Fsp3) is 0.385. The molecule has 0 aromatic heterocycles. The van der Waals surface area contributed by atoms with Crippen molar-refractivity contribution in [2.24, 2.45) is 17.8 Å². The highest BCUT2D eigenvalue weighted by molar-refractivity contribution is 9.10. The van der Waals surface area contributed by atoms with Crippen LogP contribution in [0.2, 0.25) is 0 Å². The Labute approximate surface area is 224 Å². The molecule has 36 heavy (non-hydrogen) atoms. The van der Waals surface area contributed by atoms with Gasteiger partial charge in [-0.2, -0.15) is 0 Å². The molecule has 5 unspecified atom stereocenters. The van der Waals surface area contributed by atoms with Gasteiger partial charge in [0.2, 0.25) is 0 Å². The molecule has 4 rings (SSSR count). The summed E-state index contributed by atoms with van der Waals surface area (Å²) in [5.41, 5.74) is 0.722. The Kier molecular flexibility index (Phi) is 8.46. The maximum atomic E-state index is 12.8. The van der Waals surface area contributed by atoms with E-state index >= 15 is 0 Å². The molecule has 2 aromatic rings. The second kappa shape index (κ2) is 11.6. The molecule has 2 fully saturated rings. The van der Waals surface area contributed by atoms with Gasteiger partial charge in [-0.05, 0) is 61.9 Å². The lowest BCUT2D eigenvalue weighted by atomic mass is 9.70. The SMILES string of the molecule is CCOC(=O)C1CC(OC(=O)c2ccc(Br)cc2)C2OC(=O)C1C2CCOC(=O)c1ccc(Br)cc1. The third-order valence-electron chi connectivity index (χ3n) is 6.39. The van der Waals surface area contributed by atoms with E-state index in [-0.39, 0.29) is 26.1 Å². The number of carbonyl (C=O) groups is 4. The molecule has 1 aliphatic heterocycles. The first kappa shape index (κ1) is 26.3. The molecule has 2 aliphatic rings. The zero-order chi connectivity index (χ0) is 25.8. The lowest BCUT2D eigenvalue weighted by molar-refractivity contribution is -0.156. The molecule has 8 nitrogen and oxygen atoms in total. The van der Waals surface area contributed by atoms with Crippen LogP contribution >= 0.6 is 31.9 Å². The van der Waals surface area contributed by atoms with Crippen LogP contribution in [0.1, 0.15) is 40.5 Å². The van der Waals surface area contributed by atoms with Crippen molar-refractivity contribution in [3.05, 3.63) is 68.6 Å². The van der Waals surface area contributed by atoms with E-state index in [9.17, 15) is 19.2 Å². The maximum Gasteiger partial charge on any atom is 0.338 e. The number of rotatable bonds is 8. The standard InChI is InChI=1S/C26H24Br2O8/c1-2-33-25(31)19-13-20(35-24(30)15-5-9-17(28)10-6-15)22-18(21(19)26(32)36-22)11-12-34-23(29)14-3-7-16(27)8-4-14/h3-10,18-22H,2,11-13H2,1H3. The van der Waals surface area contributed by atoms with E-state index in [1.165, 1.54) is 0 Å². The van der Waals surface area contributed by atoms with Gasteiger partial charge in [-0.3, -0.25) is 9.59 Å².